The molecule has 1 saturated heterocycles. The summed E-state index contributed by atoms with van der Waals surface area (Å²) in [6.45, 7) is 2.57. The molecule has 0 saturated carbocycles. The molecule has 6 nitrogen and oxygen atoms in total. The second kappa shape index (κ2) is 11.1. The van der Waals surface area contributed by atoms with Gasteiger partial charge in [-0.2, -0.15) is 0 Å². The molecular weight excluding hydrogens is 428 g/mol. The number of amides is 1. The molecule has 3 aromatic carbocycles. The molecule has 1 amide bonds. The number of carbonyl (C=O) groups is 1. The Bertz CT molecular complexity index is 1080. The molecule has 0 aliphatic carbocycles. The van der Waals surface area contributed by atoms with Crippen LogP contribution in [-0.4, -0.2) is 51.3 Å². The zero-order valence-corrected chi connectivity index (χ0v) is 20.1. The molecule has 1 aliphatic heterocycles. The molecule has 4 rings (SSSR count). The van der Waals surface area contributed by atoms with Crippen LogP contribution in [0.4, 0.5) is 5.69 Å². The van der Waals surface area contributed by atoms with E-state index in [0.717, 1.165) is 61.0 Å². The van der Waals surface area contributed by atoms with E-state index in [2.05, 4.69) is 11.0 Å². The van der Waals surface area contributed by atoms with Gasteiger partial charge in [0.25, 0.3) is 5.91 Å². The van der Waals surface area contributed by atoms with Gasteiger partial charge in [-0.3, -0.25) is 9.69 Å². The van der Waals surface area contributed by atoms with Crippen molar-refractivity contribution in [2.24, 2.45) is 0 Å². The van der Waals surface area contributed by atoms with Crippen LogP contribution >= 0.6 is 0 Å². The monoisotopic (exact) mass is 460 g/mol. The van der Waals surface area contributed by atoms with Crippen molar-refractivity contribution in [3.8, 4) is 17.2 Å². The summed E-state index contributed by atoms with van der Waals surface area (Å²) in [5, 5.41) is 0. The lowest BCUT2D eigenvalue weighted by Crippen LogP contribution is -2.47. The number of rotatable bonds is 8. The van der Waals surface area contributed by atoms with E-state index in [1.54, 1.807) is 21.3 Å². The first-order valence-corrected chi connectivity index (χ1v) is 11.6. The Morgan fingerprint density at radius 3 is 2.18 bits per heavy atom. The molecular formula is C28H32N2O4. The molecule has 178 valence electrons. The summed E-state index contributed by atoms with van der Waals surface area (Å²) in [7, 11) is 4.96. The molecule has 1 heterocycles. The minimum Gasteiger partial charge on any atom is -0.497 e. The highest BCUT2D eigenvalue weighted by atomic mass is 16.5. The number of methoxy groups -OCH3 is 3. The van der Waals surface area contributed by atoms with Crippen molar-refractivity contribution in [3.05, 3.63) is 83.9 Å². The lowest BCUT2D eigenvalue weighted by atomic mass is 10.00. The molecule has 0 aromatic heterocycles. The highest BCUT2D eigenvalue weighted by Gasteiger charge is 2.30. The van der Waals surface area contributed by atoms with Gasteiger partial charge in [-0.1, -0.05) is 30.3 Å². The van der Waals surface area contributed by atoms with Crippen molar-refractivity contribution < 1.29 is 19.0 Å². The van der Waals surface area contributed by atoms with E-state index in [9.17, 15) is 4.79 Å². The molecule has 3 aromatic rings. The number of piperidine rings is 1. The number of anilines is 1. The normalized spacial score (nSPS) is 14.4. The quantitative estimate of drug-likeness (QED) is 0.472. The predicted molar refractivity (Wildman–Crippen MR) is 134 cm³/mol. The minimum atomic E-state index is 0.0155. The van der Waals surface area contributed by atoms with E-state index in [4.69, 9.17) is 14.2 Å². The fourth-order valence-electron chi connectivity index (χ4n) is 4.61. The van der Waals surface area contributed by atoms with Crippen LogP contribution in [0.1, 0.15) is 28.8 Å². The first-order chi connectivity index (χ1) is 16.6. The lowest BCUT2D eigenvalue weighted by molar-refractivity contribution is 0.0958. The molecule has 1 aliphatic rings. The molecule has 0 radical (unpaired) electrons. The second-order valence-electron chi connectivity index (χ2n) is 8.40. The van der Waals surface area contributed by atoms with Crippen molar-refractivity contribution in [1.29, 1.82) is 0 Å². The van der Waals surface area contributed by atoms with Crippen LogP contribution in [0.3, 0.4) is 0 Å². The summed E-state index contributed by atoms with van der Waals surface area (Å²) < 4.78 is 16.3. The largest absolute Gasteiger partial charge is 0.497 e. The summed E-state index contributed by atoms with van der Waals surface area (Å²) in [5.41, 5.74) is 2.69. The number of nitrogens with zero attached hydrogens (tertiary/aromatic N) is 2. The highest BCUT2D eigenvalue weighted by molar-refractivity contribution is 6.06. The average Bonchev–Trinajstić information content (AvgIpc) is 2.90. The Morgan fingerprint density at radius 1 is 0.853 bits per heavy atom. The maximum atomic E-state index is 13.6. The van der Waals surface area contributed by atoms with Gasteiger partial charge < -0.3 is 19.1 Å². The lowest BCUT2D eigenvalue weighted by Gasteiger charge is -2.39. The zero-order chi connectivity index (χ0) is 23.9. The first kappa shape index (κ1) is 23.6. The van der Waals surface area contributed by atoms with Gasteiger partial charge in [0.1, 0.15) is 5.75 Å². The fraction of sp³-hybridized carbons (Fsp3) is 0.321. The van der Waals surface area contributed by atoms with Crippen LogP contribution in [0.15, 0.2) is 72.8 Å². The molecule has 0 bridgehead atoms. The van der Waals surface area contributed by atoms with Gasteiger partial charge in [-0.15, -0.1) is 0 Å². The van der Waals surface area contributed by atoms with Crippen molar-refractivity contribution >= 4 is 11.6 Å². The highest BCUT2D eigenvalue weighted by Crippen LogP contribution is 2.33. The molecule has 34 heavy (non-hydrogen) atoms. The van der Waals surface area contributed by atoms with Crippen LogP contribution in [-0.2, 0) is 6.54 Å². The van der Waals surface area contributed by atoms with Crippen molar-refractivity contribution in [2.75, 3.05) is 39.3 Å². The molecule has 0 atom stereocenters. The van der Waals surface area contributed by atoms with Gasteiger partial charge in [-0.05, 0) is 55.3 Å². The van der Waals surface area contributed by atoms with Crippen LogP contribution in [0, 0.1) is 0 Å². The first-order valence-electron chi connectivity index (χ1n) is 11.6. The van der Waals surface area contributed by atoms with E-state index in [-0.39, 0.29) is 11.9 Å². The number of likely N-dealkylation sites (tertiary alicyclic amines) is 1. The third-order valence-corrected chi connectivity index (χ3v) is 6.39. The summed E-state index contributed by atoms with van der Waals surface area (Å²) in [6, 6.07) is 23.4. The van der Waals surface area contributed by atoms with E-state index in [0.29, 0.717) is 5.56 Å². The Morgan fingerprint density at radius 2 is 1.56 bits per heavy atom. The predicted octanol–water partition coefficient (Wildman–Crippen LogP) is 5.02. The van der Waals surface area contributed by atoms with Gasteiger partial charge in [0.15, 0.2) is 11.5 Å². The smallest absolute Gasteiger partial charge is 0.258 e. The minimum absolute atomic E-state index is 0.0155. The number of ether oxygens (including phenoxy) is 3. The summed E-state index contributed by atoms with van der Waals surface area (Å²) in [6.07, 6.45) is 1.78. The number of hydrogen-bond acceptors (Lipinski definition) is 5. The Kier molecular flexibility index (Phi) is 7.70. The van der Waals surface area contributed by atoms with Crippen LogP contribution < -0.4 is 19.1 Å². The summed E-state index contributed by atoms with van der Waals surface area (Å²) in [5.74, 6) is 2.29. The molecule has 1 fully saturated rings. The topological polar surface area (TPSA) is 51.2 Å². The van der Waals surface area contributed by atoms with Crippen LogP contribution in [0.2, 0.25) is 0 Å². The second-order valence-corrected chi connectivity index (χ2v) is 8.40. The average molecular weight is 461 g/mol. The number of carbonyl (C=O) groups excluding carboxylic acids is 1. The molecule has 0 spiro atoms. The third-order valence-electron chi connectivity index (χ3n) is 6.39. The van der Waals surface area contributed by atoms with Crippen molar-refractivity contribution in [2.45, 2.75) is 25.4 Å². The van der Waals surface area contributed by atoms with E-state index >= 15 is 0 Å². The fourth-order valence-corrected chi connectivity index (χ4v) is 4.61. The van der Waals surface area contributed by atoms with E-state index in [1.807, 2.05) is 71.6 Å². The maximum absolute atomic E-state index is 13.6. The SMILES string of the molecule is COc1ccc(C(=O)N(c2ccccc2)C2CCN(Cc3cccc(OC)c3OC)CC2)cc1. The molecule has 0 N–H and O–H groups in total. The summed E-state index contributed by atoms with van der Waals surface area (Å²) in [4.78, 5) is 18.0. The molecule has 0 unspecified atom stereocenters. The van der Waals surface area contributed by atoms with Gasteiger partial charge in [0, 0.05) is 42.5 Å². The number of para-hydroxylation sites is 2. The Balaban J connectivity index is 1.50. The summed E-state index contributed by atoms with van der Waals surface area (Å²) >= 11 is 0. The van der Waals surface area contributed by atoms with E-state index in [1.165, 1.54) is 0 Å². The van der Waals surface area contributed by atoms with Gasteiger partial charge in [0.05, 0.1) is 21.3 Å². The number of benzene rings is 3. The van der Waals surface area contributed by atoms with Crippen LogP contribution in [0.25, 0.3) is 0 Å². The van der Waals surface area contributed by atoms with Crippen molar-refractivity contribution in [1.82, 2.24) is 4.90 Å². The standard InChI is InChI=1S/C28H32N2O4/c1-32-25-14-12-21(13-15-25)28(31)30(23-9-5-4-6-10-23)24-16-18-29(19-17-24)20-22-8-7-11-26(33-2)27(22)34-3/h4-15,24H,16-20H2,1-3H3. The number of hydrogen-bond donors (Lipinski definition) is 0. The van der Waals surface area contributed by atoms with Gasteiger partial charge >= 0.3 is 0 Å². The maximum Gasteiger partial charge on any atom is 0.258 e. The van der Waals surface area contributed by atoms with Gasteiger partial charge in [-0.25, -0.2) is 0 Å². The molecule has 6 heteroatoms. The Labute approximate surface area is 201 Å². The van der Waals surface area contributed by atoms with Crippen molar-refractivity contribution in [3.63, 3.8) is 0 Å². The van der Waals surface area contributed by atoms with Gasteiger partial charge in [0.2, 0.25) is 0 Å². The van der Waals surface area contributed by atoms with E-state index < -0.39 is 0 Å². The zero-order valence-electron chi connectivity index (χ0n) is 20.1. The van der Waals surface area contributed by atoms with Crippen LogP contribution in [0.5, 0.6) is 17.2 Å². The Hall–Kier alpha value is -3.51. The third kappa shape index (κ3) is 5.18.